The number of nitrogens with one attached hydrogen (secondary N) is 1. The van der Waals surface area contributed by atoms with Crippen LogP contribution in [0.2, 0.25) is 0 Å². The number of benzene rings is 1. The quantitative estimate of drug-likeness (QED) is 0.803. The van der Waals surface area contributed by atoms with Crippen LogP contribution in [0.25, 0.3) is 0 Å². The van der Waals surface area contributed by atoms with E-state index >= 15 is 0 Å². The molecule has 0 heterocycles. The van der Waals surface area contributed by atoms with E-state index in [9.17, 15) is 9.59 Å². The van der Waals surface area contributed by atoms with E-state index in [0.29, 0.717) is 5.75 Å². The highest BCUT2D eigenvalue weighted by molar-refractivity contribution is 9.10. The van der Waals surface area contributed by atoms with Crippen LogP contribution in [0.4, 0.5) is 4.79 Å². The summed E-state index contributed by atoms with van der Waals surface area (Å²) < 4.78 is 16.2. The van der Waals surface area contributed by atoms with Gasteiger partial charge in [-0.15, -0.1) is 0 Å². The number of carbonyl (C=O) groups excluding carboxylic acids is 2. The number of hydrogen-bond acceptors (Lipinski definition) is 5. The van der Waals surface area contributed by atoms with E-state index in [0.717, 1.165) is 4.47 Å². The largest absolute Gasteiger partial charge is 0.491 e. The molecule has 0 spiro atoms. The molecule has 0 aliphatic carbocycles. The van der Waals surface area contributed by atoms with Crippen molar-refractivity contribution in [2.75, 3.05) is 13.7 Å². The number of hydrogen-bond donors (Lipinski definition) is 1. The third-order valence-electron chi connectivity index (χ3n) is 2.41. The molecule has 0 bridgehead atoms. The van der Waals surface area contributed by atoms with Crippen molar-refractivity contribution in [3.05, 3.63) is 28.7 Å². The summed E-state index contributed by atoms with van der Waals surface area (Å²) in [7, 11) is 1.24. The standard InChI is InChI=1S/C15H20BrNO5/c1-15(2,3)22-14(19)17-12(13(18)20-4)9-21-11-7-5-10(16)6-8-11/h5-8,12H,9H2,1-4H3,(H,17,19). The van der Waals surface area contributed by atoms with Crippen molar-refractivity contribution in [2.24, 2.45) is 0 Å². The number of rotatable bonds is 5. The average molecular weight is 374 g/mol. The van der Waals surface area contributed by atoms with Gasteiger partial charge in [-0.2, -0.15) is 0 Å². The molecule has 1 rings (SSSR count). The van der Waals surface area contributed by atoms with Crippen LogP contribution in [0.3, 0.4) is 0 Å². The lowest BCUT2D eigenvalue weighted by Gasteiger charge is -2.22. The van der Waals surface area contributed by atoms with Crippen LogP contribution >= 0.6 is 15.9 Å². The van der Waals surface area contributed by atoms with Gasteiger partial charge in [0, 0.05) is 4.47 Å². The molecule has 0 aliphatic heterocycles. The van der Waals surface area contributed by atoms with Gasteiger partial charge in [0.25, 0.3) is 0 Å². The highest BCUT2D eigenvalue weighted by Crippen LogP contribution is 2.16. The number of esters is 1. The Balaban J connectivity index is 2.63. The summed E-state index contributed by atoms with van der Waals surface area (Å²) in [6.07, 6.45) is -0.706. The predicted octanol–water partition coefficient (Wildman–Crippen LogP) is 2.89. The smallest absolute Gasteiger partial charge is 0.408 e. The molecule has 0 saturated heterocycles. The maximum absolute atomic E-state index is 11.7. The van der Waals surface area contributed by atoms with Gasteiger partial charge in [0.15, 0.2) is 6.04 Å². The minimum absolute atomic E-state index is 0.0620. The molecule has 6 nitrogen and oxygen atoms in total. The normalized spacial score (nSPS) is 12.2. The molecule has 1 amide bonds. The minimum Gasteiger partial charge on any atom is -0.491 e. The molecule has 0 fully saturated rings. The van der Waals surface area contributed by atoms with E-state index in [1.54, 1.807) is 32.9 Å². The Labute approximate surface area is 138 Å². The van der Waals surface area contributed by atoms with Crippen LogP contribution in [0.1, 0.15) is 20.8 Å². The van der Waals surface area contributed by atoms with Crippen LogP contribution in [-0.2, 0) is 14.3 Å². The zero-order valence-corrected chi connectivity index (χ0v) is 14.6. The second-order valence-corrected chi connectivity index (χ2v) is 6.40. The van der Waals surface area contributed by atoms with Gasteiger partial charge in [0.05, 0.1) is 7.11 Å². The van der Waals surface area contributed by atoms with Crippen molar-refractivity contribution in [3.8, 4) is 5.75 Å². The Morgan fingerprint density at radius 3 is 2.32 bits per heavy atom. The van der Waals surface area contributed by atoms with Crippen LogP contribution in [0.15, 0.2) is 28.7 Å². The highest BCUT2D eigenvalue weighted by Gasteiger charge is 2.25. The molecular weight excluding hydrogens is 354 g/mol. The average Bonchev–Trinajstić information content (AvgIpc) is 2.42. The van der Waals surface area contributed by atoms with E-state index < -0.39 is 23.7 Å². The van der Waals surface area contributed by atoms with Gasteiger partial charge in [-0.1, -0.05) is 15.9 Å². The van der Waals surface area contributed by atoms with Crippen LogP contribution < -0.4 is 10.1 Å². The van der Waals surface area contributed by atoms with Crippen molar-refractivity contribution in [2.45, 2.75) is 32.4 Å². The molecular formula is C15H20BrNO5. The molecule has 1 unspecified atom stereocenters. The number of amides is 1. The Morgan fingerprint density at radius 2 is 1.82 bits per heavy atom. The Bertz CT molecular complexity index is 510. The van der Waals surface area contributed by atoms with E-state index in [1.165, 1.54) is 7.11 Å². The molecule has 0 aromatic heterocycles. The zero-order chi connectivity index (χ0) is 16.8. The first kappa shape index (κ1) is 18.3. The number of alkyl carbamates (subject to hydrolysis) is 1. The molecule has 1 atom stereocenters. The van der Waals surface area contributed by atoms with Crippen LogP contribution in [-0.4, -0.2) is 37.4 Å². The lowest BCUT2D eigenvalue weighted by molar-refractivity contribution is -0.143. The first-order valence-electron chi connectivity index (χ1n) is 6.67. The van der Waals surface area contributed by atoms with E-state index in [-0.39, 0.29) is 6.61 Å². The molecule has 1 aromatic carbocycles. The van der Waals surface area contributed by atoms with E-state index in [1.807, 2.05) is 12.1 Å². The Hall–Kier alpha value is -1.76. The maximum atomic E-state index is 11.7. The molecule has 7 heteroatoms. The van der Waals surface area contributed by atoms with Gasteiger partial charge >= 0.3 is 12.1 Å². The molecule has 0 saturated carbocycles. The topological polar surface area (TPSA) is 73.9 Å². The van der Waals surface area contributed by atoms with Gasteiger partial charge in [-0.3, -0.25) is 0 Å². The monoisotopic (exact) mass is 373 g/mol. The molecule has 122 valence electrons. The van der Waals surface area contributed by atoms with Crippen molar-refractivity contribution < 1.29 is 23.8 Å². The third kappa shape index (κ3) is 6.80. The second-order valence-electron chi connectivity index (χ2n) is 5.49. The fraction of sp³-hybridized carbons (Fsp3) is 0.467. The first-order chi connectivity index (χ1) is 10.2. The third-order valence-corrected chi connectivity index (χ3v) is 2.94. The summed E-state index contributed by atoms with van der Waals surface area (Å²) in [6.45, 7) is 5.14. The summed E-state index contributed by atoms with van der Waals surface area (Å²) in [5.74, 6) is -0.0361. The van der Waals surface area contributed by atoms with Crippen molar-refractivity contribution in [3.63, 3.8) is 0 Å². The van der Waals surface area contributed by atoms with Gasteiger partial charge < -0.3 is 19.5 Å². The number of methoxy groups -OCH3 is 1. The minimum atomic E-state index is -0.955. The fourth-order valence-corrected chi connectivity index (χ4v) is 1.74. The summed E-state index contributed by atoms with van der Waals surface area (Å²) in [6, 6.07) is 6.15. The molecule has 0 aliphatic rings. The van der Waals surface area contributed by atoms with Gasteiger partial charge in [0.1, 0.15) is 18.0 Å². The summed E-state index contributed by atoms with van der Waals surface area (Å²) in [5.41, 5.74) is -0.655. The van der Waals surface area contributed by atoms with Crippen molar-refractivity contribution in [1.29, 1.82) is 0 Å². The summed E-state index contributed by atoms with van der Waals surface area (Å²) in [5, 5.41) is 2.44. The van der Waals surface area contributed by atoms with Crippen molar-refractivity contribution >= 4 is 28.0 Å². The predicted molar refractivity (Wildman–Crippen MR) is 84.8 cm³/mol. The lowest BCUT2D eigenvalue weighted by atomic mass is 10.2. The van der Waals surface area contributed by atoms with Gasteiger partial charge in [0.2, 0.25) is 0 Å². The van der Waals surface area contributed by atoms with Crippen LogP contribution in [0.5, 0.6) is 5.75 Å². The fourth-order valence-electron chi connectivity index (χ4n) is 1.47. The summed E-state index contributed by atoms with van der Waals surface area (Å²) in [4.78, 5) is 23.5. The lowest BCUT2D eigenvalue weighted by Crippen LogP contribution is -2.47. The molecule has 0 radical (unpaired) electrons. The zero-order valence-electron chi connectivity index (χ0n) is 13.0. The second kappa shape index (κ2) is 8.03. The van der Waals surface area contributed by atoms with Gasteiger partial charge in [-0.05, 0) is 45.0 Å². The molecule has 1 N–H and O–H groups in total. The highest BCUT2D eigenvalue weighted by atomic mass is 79.9. The molecule has 1 aromatic rings. The van der Waals surface area contributed by atoms with Gasteiger partial charge in [-0.25, -0.2) is 9.59 Å². The first-order valence-corrected chi connectivity index (χ1v) is 7.46. The number of halogens is 1. The number of ether oxygens (including phenoxy) is 3. The Kier molecular flexibility index (Phi) is 6.67. The SMILES string of the molecule is COC(=O)C(COc1ccc(Br)cc1)NC(=O)OC(C)(C)C. The summed E-state index contributed by atoms with van der Waals surface area (Å²) >= 11 is 3.32. The molecule has 22 heavy (non-hydrogen) atoms. The maximum Gasteiger partial charge on any atom is 0.408 e. The van der Waals surface area contributed by atoms with Crippen LogP contribution in [0, 0.1) is 0 Å². The van der Waals surface area contributed by atoms with Crippen molar-refractivity contribution in [1.82, 2.24) is 5.32 Å². The Morgan fingerprint density at radius 1 is 1.23 bits per heavy atom. The number of carbonyl (C=O) groups is 2. The van der Waals surface area contributed by atoms with E-state index in [2.05, 4.69) is 26.0 Å². The van der Waals surface area contributed by atoms with E-state index in [4.69, 9.17) is 9.47 Å².